The molecule has 0 saturated carbocycles. The normalized spacial score (nSPS) is 16.7. The van der Waals surface area contributed by atoms with E-state index in [-0.39, 0.29) is 33.8 Å². The lowest BCUT2D eigenvalue weighted by molar-refractivity contribution is 0.0695. The van der Waals surface area contributed by atoms with E-state index in [1.807, 2.05) is 0 Å². The number of rotatable bonds is 3. The molecule has 0 aliphatic carbocycles. The van der Waals surface area contributed by atoms with Crippen molar-refractivity contribution >= 4 is 22.6 Å². The van der Waals surface area contributed by atoms with E-state index in [2.05, 4.69) is 9.97 Å². The summed E-state index contributed by atoms with van der Waals surface area (Å²) in [6, 6.07) is 2.22. The highest BCUT2D eigenvalue weighted by molar-refractivity contribution is 6.03. The number of nitrogens with one attached hydrogen (secondary N) is 1. The molecule has 9 heteroatoms. The first kappa shape index (κ1) is 18.1. The number of aromatic carboxylic acids is 1. The number of hydrogen-bond acceptors (Lipinski definition) is 5. The summed E-state index contributed by atoms with van der Waals surface area (Å²) in [5, 5.41) is 9.01. The minimum absolute atomic E-state index is 0.0497. The standard InChI is InChI=1S/C19H16F2N4O3/c20-13-5-11-16(24-6-12(18(11)26)19(27)28)15(10-1-3-23-7-14(10)21)17(13)25-4-2-9(22)8-25/h1,3,5-7,9H,2,4,8,22H2,(H,24,26)(H,27,28)/t9-/m0/s1. The first-order chi connectivity index (χ1) is 13.4. The van der Waals surface area contributed by atoms with E-state index < -0.39 is 28.6 Å². The highest BCUT2D eigenvalue weighted by Gasteiger charge is 2.28. The van der Waals surface area contributed by atoms with Crippen LogP contribution >= 0.6 is 0 Å². The molecule has 7 nitrogen and oxygen atoms in total. The zero-order chi connectivity index (χ0) is 20.0. The van der Waals surface area contributed by atoms with Gasteiger partial charge in [-0.05, 0) is 18.6 Å². The molecule has 0 radical (unpaired) electrons. The van der Waals surface area contributed by atoms with Crippen molar-refractivity contribution in [1.29, 1.82) is 0 Å². The summed E-state index contributed by atoms with van der Waals surface area (Å²) < 4.78 is 29.7. The van der Waals surface area contributed by atoms with Gasteiger partial charge in [-0.2, -0.15) is 0 Å². The summed E-state index contributed by atoms with van der Waals surface area (Å²) in [5.74, 6) is -2.88. The van der Waals surface area contributed by atoms with Gasteiger partial charge in [0, 0.05) is 42.7 Å². The molecule has 4 rings (SSSR count). The Balaban J connectivity index is 2.12. The molecule has 0 unspecified atom stereocenters. The van der Waals surface area contributed by atoms with Crippen LogP contribution < -0.4 is 16.1 Å². The Morgan fingerprint density at radius 3 is 2.79 bits per heavy atom. The summed E-state index contributed by atoms with van der Waals surface area (Å²) >= 11 is 0. The number of carboxylic acids is 1. The van der Waals surface area contributed by atoms with Gasteiger partial charge in [-0.3, -0.25) is 9.78 Å². The van der Waals surface area contributed by atoms with Crippen molar-refractivity contribution in [2.75, 3.05) is 18.0 Å². The predicted octanol–water partition coefficient (Wildman–Crippen LogP) is 2.10. The highest BCUT2D eigenvalue weighted by Crippen LogP contribution is 2.40. The molecule has 0 spiro atoms. The molecule has 1 atom stereocenters. The molecule has 144 valence electrons. The van der Waals surface area contributed by atoms with Gasteiger partial charge >= 0.3 is 5.97 Å². The van der Waals surface area contributed by atoms with E-state index in [4.69, 9.17) is 5.73 Å². The Morgan fingerprint density at radius 2 is 2.14 bits per heavy atom. The average molecular weight is 386 g/mol. The Kier molecular flexibility index (Phi) is 4.31. The van der Waals surface area contributed by atoms with Crippen molar-refractivity contribution in [3.63, 3.8) is 0 Å². The van der Waals surface area contributed by atoms with Crippen LogP contribution in [-0.2, 0) is 0 Å². The van der Waals surface area contributed by atoms with E-state index in [0.717, 1.165) is 18.5 Å². The summed E-state index contributed by atoms with van der Waals surface area (Å²) in [7, 11) is 0. The summed E-state index contributed by atoms with van der Waals surface area (Å²) in [4.78, 5) is 32.0. The van der Waals surface area contributed by atoms with Crippen LogP contribution in [-0.4, -0.2) is 40.2 Å². The SMILES string of the molecule is N[C@H]1CCN(c2c(F)cc3c(=O)c(C(=O)O)c[nH]c3c2-c2ccncc2F)C1. The number of carbonyl (C=O) groups is 1. The predicted molar refractivity (Wildman–Crippen MR) is 99.5 cm³/mol. The minimum Gasteiger partial charge on any atom is -0.477 e. The number of halogens is 2. The van der Waals surface area contributed by atoms with Gasteiger partial charge in [0.25, 0.3) is 0 Å². The number of anilines is 1. The molecule has 1 aliphatic heterocycles. The van der Waals surface area contributed by atoms with Gasteiger partial charge in [-0.15, -0.1) is 0 Å². The maximum atomic E-state index is 15.2. The van der Waals surface area contributed by atoms with Crippen molar-refractivity contribution in [2.24, 2.45) is 5.73 Å². The number of nitrogens with two attached hydrogens (primary N) is 1. The molecule has 1 fully saturated rings. The van der Waals surface area contributed by atoms with Crippen LogP contribution in [0.3, 0.4) is 0 Å². The fourth-order valence-corrected chi connectivity index (χ4v) is 3.62. The molecule has 3 aromatic rings. The lowest BCUT2D eigenvalue weighted by atomic mass is 9.98. The van der Waals surface area contributed by atoms with Crippen LogP contribution in [0.5, 0.6) is 0 Å². The number of aromatic nitrogens is 2. The smallest absolute Gasteiger partial charge is 0.341 e. The molecular formula is C19H16F2N4O3. The fourth-order valence-electron chi connectivity index (χ4n) is 3.62. The molecular weight excluding hydrogens is 370 g/mol. The number of carboxylic acid groups (broad SMARTS) is 1. The number of fused-ring (bicyclic) bond motifs is 1. The van der Waals surface area contributed by atoms with Crippen molar-refractivity contribution in [3.05, 3.63) is 58.1 Å². The van der Waals surface area contributed by atoms with Crippen LogP contribution in [0.2, 0.25) is 0 Å². The maximum Gasteiger partial charge on any atom is 0.341 e. The minimum atomic E-state index is -1.44. The van der Waals surface area contributed by atoms with Gasteiger partial charge in [0.1, 0.15) is 17.2 Å². The summed E-state index contributed by atoms with van der Waals surface area (Å²) in [6.45, 7) is 0.848. The monoisotopic (exact) mass is 386 g/mol. The van der Waals surface area contributed by atoms with Gasteiger partial charge in [0.2, 0.25) is 5.43 Å². The van der Waals surface area contributed by atoms with E-state index in [1.54, 1.807) is 4.90 Å². The number of aromatic amines is 1. The summed E-state index contributed by atoms with van der Waals surface area (Å²) in [6.07, 6.45) is 4.03. The first-order valence-corrected chi connectivity index (χ1v) is 8.60. The second-order valence-electron chi connectivity index (χ2n) is 6.69. The van der Waals surface area contributed by atoms with E-state index in [1.165, 1.54) is 12.3 Å². The van der Waals surface area contributed by atoms with Crippen molar-refractivity contribution < 1.29 is 18.7 Å². The zero-order valence-electron chi connectivity index (χ0n) is 14.6. The lowest BCUT2D eigenvalue weighted by Crippen LogP contribution is -2.27. The molecule has 1 aromatic carbocycles. The van der Waals surface area contributed by atoms with Crippen molar-refractivity contribution in [2.45, 2.75) is 12.5 Å². The Labute approximate surface area is 157 Å². The fraction of sp³-hybridized carbons (Fsp3) is 0.211. The molecule has 28 heavy (non-hydrogen) atoms. The third-order valence-corrected chi connectivity index (χ3v) is 4.92. The van der Waals surface area contributed by atoms with Crippen LogP contribution in [0.25, 0.3) is 22.0 Å². The van der Waals surface area contributed by atoms with E-state index in [9.17, 15) is 19.1 Å². The largest absolute Gasteiger partial charge is 0.477 e. The average Bonchev–Trinajstić information content (AvgIpc) is 3.07. The van der Waals surface area contributed by atoms with Gasteiger partial charge in [0.15, 0.2) is 0 Å². The number of hydrogen-bond donors (Lipinski definition) is 3. The van der Waals surface area contributed by atoms with Crippen LogP contribution in [0.15, 0.2) is 35.5 Å². The van der Waals surface area contributed by atoms with Crippen LogP contribution in [0.1, 0.15) is 16.8 Å². The molecule has 0 bridgehead atoms. The van der Waals surface area contributed by atoms with E-state index >= 15 is 4.39 Å². The van der Waals surface area contributed by atoms with Gasteiger partial charge in [0.05, 0.1) is 22.8 Å². The Hall–Kier alpha value is -3.33. The molecule has 1 saturated heterocycles. The highest BCUT2D eigenvalue weighted by atomic mass is 19.1. The second-order valence-corrected chi connectivity index (χ2v) is 6.69. The van der Waals surface area contributed by atoms with Crippen LogP contribution in [0.4, 0.5) is 14.5 Å². The third kappa shape index (κ3) is 2.80. The first-order valence-electron chi connectivity index (χ1n) is 8.60. The quantitative estimate of drug-likeness (QED) is 0.636. The number of nitrogens with zero attached hydrogens (tertiary/aromatic N) is 2. The molecule has 3 heterocycles. The second kappa shape index (κ2) is 6.68. The van der Waals surface area contributed by atoms with Gasteiger partial charge in [-0.25, -0.2) is 13.6 Å². The lowest BCUT2D eigenvalue weighted by Gasteiger charge is -2.24. The molecule has 1 aliphatic rings. The third-order valence-electron chi connectivity index (χ3n) is 4.92. The number of H-pyrrole nitrogens is 1. The van der Waals surface area contributed by atoms with Crippen LogP contribution in [0, 0.1) is 11.6 Å². The Bertz CT molecular complexity index is 1160. The van der Waals surface area contributed by atoms with Crippen molar-refractivity contribution in [1.82, 2.24) is 9.97 Å². The molecule has 4 N–H and O–H groups in total. The molecule has 2 aromatic heterocycles. The molecule has 0 amide bonds. The van der Waals surface area contributed by atoms with Gasteiger partial charge in [-0.1, -0.05) is 0 Å². The Morgan fingerprint density at radius 1 is 1.36 bits per heavy atom. The van der Waals surface area contributed by atoms with Gasteiger partial charge < -0.3 is 20.7 Å². The number of benzene rings is 1. The summed E-state index contributed by atoms with van der Waals surface area (Å²) in [5.41, 5.74) is 5.03. The topological polar surface area (TPSA) is 112 Å². The zero-order valence-corrected chi connectivity index (χ0v) is 14.6. The number of pyridine rings is 2. The van der Waals surface area contributed by atoms with E-state index in [0.29, 0.717) is 19.5 Å². The van der Waals surface area contributed by atoms with Crippen molar-refractivity contribution in [3.8, 4) is 11.1 Å². The maximum absolute atomic E-state index is 15.2.